The molecule has 1 atom stereocenters. The highest BCUT2D eigenvalue weighted by Gasteiger charge is 2.42. The van der Waals surface area contributed by atoms with Crippen LogP contribution in [0.3, 0.4) is 0 Å². The van der Waals surface area contributed by atoms with Crippen LogP contribution in [0.1, 0.15) is 39.8 Å². The monoisotopic (exact) mass is 398 g/mol. The number of carbonyl (C=O) groups is 2. The Hall–Kier alpha value is -2.58. The molecule has 1 aliphatic rings. The highest BCUT2D eigenvalue weighted by Crippen LogP contribution is 2.37. The number of nitrogens with zero attached hydrogens (tertiary/aromatic N) is 3. The SMILES string of the molecule is O=C(NCc1ccccc1)[C@@H](c1cccs1)N(C(=O)c1csnn1)C1CC1. The quantitative estimate of drug-likeness (QED) is 0.663. The molecule has 1 saturated carbocycles. The fraction of sp³-hybridized carbons (Fsp3) is 0.263. The molecule has 0 bridgehead atoms. The molecule has 2 heterocycles. The Morgan fingerprint density at radius 3 is 2.63 bits per heavy atom. The molecule has 27 heavy (non-hydrogen) atoms. The van der Waals surface area contributed by atoms with Crippen molar-refractivity contribution in [1.82, 2.24) is 19.8 Å². The third-order valence-electron chi connectivity index (χ3n) is 4.40. The molecule has 138 valence electrons. The lowest BCUT2D eigenvalue weighted by atomic mass is 10.1. The van der Waals surface area contributed by atoms with Crippen molar-refractivity contribution in [3.8, 4) is 0 Å². The summed E-state index contributed by atoms with van der Waals surface area (Å²) in [6, 6.07) is 13.0. The first kappa shape index (κ1) is 17.8. The molecule has 0 saturated heterocycles. The van der Waals surface area contributed by atoms with Crippen LogP contribution < -0.4 is 5.32 Å². The Labute approximate surface area is 165 Å². The zero-order valence-electron chi connectivity index (χ0n) is 14.4. The maximum absolute atomic E-state index is 13.1. The van der Waals surface area contributed by atoms with Gasteiger partial charge in [0.05, 0.1) is 0 Å². The van der Waals surface area contributed by atoms with E-state index < -0.39 is 6.04 Å². The Bertz CT molecular complexity index is 893. The zero-order valence-corrected chi connectivity index (χ0v) is 16.1. The van der Waals surface area contributed by atoms with Crippen molar-refractivity contribution in [2.24, 2.45) is 0 Å². The van der Waals surface area contributed by atoms with E-state index in [1.54, 1.807) is 10.3 Å². The van der Waals surface area contributed by atoms with Crippen molar-refractivity contribution in [2.75, 3.05) is 0 Å². The summed E-state index contributed by atoms with van der Waals surface area (Å²) >= 11 is 2.62. The standard InChI is InChI=1S/C19H18N4O2S2/c24-18(20-11-13-5-2-1-3-6-13)17(16-7-4-10-26-16)23(14-8-9-14)19(25)15-12-27-22-21-15/h1-7,10,12,14,17H,8-9,11H2,(H,20,24)/t17-/m1/s1. The van der Waals surface area contributed by atoms with Crippen molar-refractivity contribution in [3.05, 3.63) is 69.4 Å². The van der Waals surface area contributed by atoms with E-state index in [0.717, 1.165) is 34.8 Å². The smallest absolute Gasteiger partial charge is 0.276 e. The zero-order chi connectivity index (χ0) is 18.6. The van der Waals surface area contributed by atoms with E-state index in [2.05, 4.69) is 14.9 Å². The summed E-state index contributed by atoms with van der Waals surface area (Å²) in [5.41, 5.74) is 1.31. The first-order chi connectivity index (χ1) is 13.2. The minimum absolute atomic E-state index is 0.0637. The van der Waals surface area contributed by atoms with Gasteiger partial charge in [-0.1, -0.05) is 40.9 Å². The summed E-state index contributed by atoms with van der Waals surface area (Å²) in [5, 5.41) is 10.5. The Balaban J connectivity index is 1.59. The summed E-state index contributed by atoms with van der Waals surface area (Å²) < 4.78 is 3.79. The van der Waals surface area contributed by atoms with Crippen LogP contribution >= 0.6 is 22.9 Å². The minimum atomic E-state index is -0.657. The van der Waals surface area contributed by atoms with Crippen LogP contribution in [0.25, 0.3) is 0 Å². The fourth-order valence-corrected chi connectivity index (χ4v) is 4.21. The molecule has 3 aromatic rings. The lowest BCUT2D eigenvalue weighted by molar-refractivity contribution is -0.126. The van der Waals surface area contributed by atoms with E-state index in [1.165, 1.54) is 11.3 Å². The van der Waals surface area contributed by atoms with Crippen molar-refractivity contribution >= 4 is 34.7 Å². The summed E-state index contributed by atoms with van der Waals surface area (Å²) in [6.45, 7) is 0.423. The molecule has 0 unspecified atom stereocenters. The molecule has 0 spiro atoms. The van der Waals surface area contributed by atoms with Gasteiger partial charge in [-0.05, 0) is 41.4 Å². The van der Waals surface area contributed by atoms with Gasteiger partial charge in [0, 0.05) is 22.8 Å². The van der Waals surface area contributed by atoms with Crippen molar-refractivity contribution in [1.29, 1.82) is 0 Å². The molecular formula is C19H18N4O2S2. The molecule has 2 aromatic heterocycles. The first-order valence-corrected chi connectivity index (χ1v) is 10.4. The average molecular weight is 399 g/mol. The molecule has 0 aliphatic heterocycles. The second kappa shape index (κ2) is 7.98. The predicted octanol–water partition coefficient (Wildman–Crippen LogP) is 3.26. The number of thiophene rings is 1. The maximum atomic E-state index is 13.1. The molecule has 4 rings (SSSR count). The van der Waals surface area contributed by atoms with Gasteiger partial charge in [0.15, 0.2) is 5.69 Å². The maximum Gasteiger partial charge on any atom is 0.276 e. The van der Waals surface area contributed by atoms with Gasteiger partial charge in [0.2, 0.25) is 5.91 Å². The van der Waals surface area contributed by atoms with E-state index in [9.17, 15) is 9.59 Å². The number of amides is 2. The molecule has 2 amide bonds. The first-order valence-electron chi connectivity index (χ1n) is 8.69. The second-order valence-electron chi connectivity index (χ2n) is 6.36. The fourth-order valence-electron chi connectivity index (χ4n) is 2.96. The minimum Gasteiger partial charge on any atom is -0.350 e. The van der Waals surface area contributed by atoms with Crippen LogP contribution in [0.5, 0.6) is 0 Å². The van der Waals surface area contributed by atoms with E-state index in [-0.39, 0.29) is 17.9 Å². The normalized spacial score (nSPS) is 14.5. The summed E-state index contributed by atoms with van der Waals surface area (Å²) in [5.74, 6) is -0.413. The number of carbonyl (C=O) groups excluding carboxylic acids is 2. The number of nitrogens with one attached hydrogen (secondary N) is 1. The predicted molar refractivity (Wildman–Crippen MR) is 104 cm³/mol. The highest BCUT2D eigenvalue weighted by atomic mass is 32.1. The van der Waals surface area contributed by atoms with E-state index >= 15 is 0 Å². The van der Waals surface area contributed by atoms with Crippen LogP contribution in [0.2, 0.25) is 0 Å². The summed E-state index contributed by atoms with van der Waals surface area (Å²) in [6.07, 6.45) is 1.80. The third kappa shape index (κ3) is 4.06. The van der Waals surface area contributed by atoms with Crippen LogP contribution in [-0.4, -0.2) is 32.3 Å². The van der Waals surface area contributed by atoms with E-state index in [4.69, 9.17) is 0 Å². The van der Waals surface area contributed by atoms with Gasteiger partial charge in [0.25, 0.3) is 5.91 Å². The van der Waals surface area contributed by atoms with Gasteiger partial charge < -0.3 is 10.2 Å². The lowest BCUT2D eigenvalue weighted by Crippen LogP contribution is -2.44. The van der Waals surface area contributed by atoms with Crippen molar-refractivity contribution in [2.45, 2.75) is 31.5 Å². The number of hydrogen-bond donors (Lipinski definition) is 1. The van der Waals surface area contributed by atoms with Gasteiger partial charge in [0.1, 0.15) is 6.04 Å². The molecular weight excluding hydrogens is 380 g/mol. The largest absolute Gasteiger partial charge is 0.350 e. The van der Waals surface area contributed by atoms with Crippen LogP contribution in [-0.2, 0) is 11.3 Å². The van der Waals surface area contributed by atoms with Crippen LogP contribution in [0.4, 0.5) is 0 Å². The van der Waals surface area contributed by atoms with Gasteiger partial charge in [-0.3, -0.25) is 9.59 Å². The topological polar surface area (TPSA) is 75.2 Å². The van der Waals surface area contributed by atoms with Crippen molar-refractivity contribution in [3.63, 3.8) is 0 Å². The molecule has 6 nitrogen and oxygen atoms in total. The number of benzene rings is 1. The van der Waals surface area contributed by atoms with Gasteiger partial charge in [-0.2, -0.15) is 0 Å². The van der Waals surface area contributed by atoms with Crippen LogP contribution in [0, 0.1) is 0 Å². The van der Waals surface area contributed by atoms with Gasteiger partial charge in [-0.25, -0.2) is 0 Å². The molecule has 1 N–H and O–H groups in total. The Morgan fingerprint density at radius 1 is 1.19 bits per heavy atom. The molecule has 1 fully saturated rings. The van der Waals surface area contributed by atoms with Gasteiger partial charge in [-0.15, -0.1) is 16.4 Å². The Morgan fingerprint density at radius 2 is 2.00 bits per heavy atom. The Kier molecular flexibility index (Phi) is 5.26. The summed E-state index contributed by atoms with van der Waals surface area (Å²) in [4.78, 5) is 28.7. The summed E-state index contributed by atoms with van der Waals surface area (Å²) in [7, 11) is 0. The molecule has 8 heteroatoms. The molecule has 1 aromatic carbocycles. The van der Waals surface area contributed by atoms with Crippen LogP contribution in [0.15, 0.2) is 53.2 Å². The average Bonchev–Trinajstić information content (AvgIpc) is 3.15. The van der Waals surface area contributed by atoms with E-state index in [0.29, 0.717) is 12.2 Å². The molecule has 0 radical (unpaired) electrons. The number of aromatic nitrogens is 2. The highest BCUT2D eigenvalue weighted by molar-refractivity contribution is 7.10. The lowest BCUT2D eigenvalue weighted by Gasteiger charge is -2.30. The number of hydrogen-bond acceptors (Lipinski definition) is 6. The van der Waals surface area contributed by atoms with Crippen molar-refractivity contribution < 1.29 is 9.59 Å². The third-order valence-corrected chi connectivity index (χ3v) is 5.83. The number of rotatable bonds is 7. The van der Waals surface area contributed by atoms with Gasteiger partial charge >= 0.3 is 0 Å². The molecule has 1 aliphatic carbocycles. The second-order valence-corrected chi connectivity index (χ2v) is 7.94. The van der Waals surface area contributed by atoms with E-state index in [1.807, 2.05) is 47.8 Å².